The SMILES string of the molecule is COc1ccc([C@@H]2CCCCCN2S(=O)(=O)c2ccc3[nH]c(=O)[nH]c3c2)cc1. The molecular formula is C20H23N3O4S. The van der Waals surface area contributed by atoms with E-state index in [0.717, 1.165) is 37.0 Å². The highest BCUT2D eigenvalue weighted by Crippen LogP contribution is 2.35. The Balaban J connectivity index is 1.75. The zero-order valence-electron chi connectivity index (χ0n) is 15.6. The number of benzene rings is 2. The molecule has 2 heterocycles. The fraction of sp³-hybridized carbons (Fsp3) is 0.350. The number of sulfonamides is 1. The Hall–Kier alpha value is -2.58. The van der Waals surface area contributed by atoms with Gasteiger partial charge in [0.1, 0.15) is 5.75 Å². The van der Waals surface area contributed by atoms with Crippen molar-refractivity contribution in [2.24, 2.45) is 0 Å². The number of nitrogens with zero attached hydrogens (tertiary/aromatic N) is 1. The normalized spacial score (nSPS) is 18.8. The molecule has 0 amide bonds. The van der Waals surface area contributed by atoms with Crippen LogP contribution in [0.4, 0.5) is 0 Å². The van der Waals surface area contributed by atoms with Crippen LogP contribution in [0.1, 0.15) is 37.3 Å². The zero-order valence-corrected chi connectivity index (χ0v) is 16.5. The first-order valence-electron chi connectivity index (χ1n) is 9.37. The number of imidazole rings is 1. The fourth-order valence-electron chi connectivity index (χ4n) is 3.84. The summed E-state index contributed by atoms with van der Waals surface area (Å²) in [6.45, 7) is 0.473. The second kappa shape index (κ2) is 7.44. The van der Waals surface area contributed by atoms with Crippen molar-refractivity contribution in [2.45, 2.75) is 36.6 Å². The summed E-state index contributed by atoms with van der Waals surface area (Å²) >= 11 is 0. The third-order valence-electron chi connectivity index (χ3n) is 5.30. The number of fused-ring (bicyclic) bond motifs is 1. The molecule has 1 aliphatic rings. The highest BCUT2D eigenvalue weighted by atomic mass is 32.2. The molecule has 0 radical (unpaired) electrons. The molecule has 3 aromatic rings. The van der Waals surface area contributed by atoms with Crippen LogP contribution in [0.25, 0.3) is 11.0 Å². The number of methoxy groups -OCH3 is 1. The van der Waals surface area contributed by atoms with Crippen molar-refractivity contribution < 1.29 is 13.2 Å². The summed E-state index contributed by atoms with van der Waals surface area (Å²) in [5, 5.41) is 0. The van der Waals surface area contributed by atoms with Gasteiger partial charge in [0.25, 0.3) is 0 Å². The third-order valence-corrected chi connectivity index (χ3v) is 7.20. The molecule has 0 unspecified atom stereocenters. The van der Waals surface area contributed by atoms with Crippen molar-refractivity contribution in [3.05, 3.63) is 58.5 Å². The lowest BCUT2D eigenvalue weighted by atomic mass is 10.0. The van der Waals surface area contributed by atoms with Crippen LogP contribution in [0.5, 0.6) is 5.75 Å². The van der Waals surface area contributed by atoms with Crippen molar-refractivity contribution in [2.75, 3.05) is 13.7 Å². The van der Waals surface area contributed by atoms with Gasteiger partial charge in [-0.15, -0.1) is 0 Å². The van der Waals surface area contributed by atoms with Gasteiger partial charge in [0.15, 0.2) is 0 Å². The van der Waals surface area contributed by atoms with Crippen LogP contribution in [-0.2, 0) is 10.0 Å². The minimum absolute atomic E-state index is 0.190. The van der Waals surface area contributed by atoms with Crippen LogP contribution in [0.3, 0.4) is 0 Å². The highest BCUT2D eigenvalue weighted by molar-refractivity contribution is 7.89. The Morgan fingerprint density at radius 2 is 1.75 bits per heavy atom. The maximum atomic E-state index is 13.5. The van der Waals surface area contributed by atoms with E-state index >= 15 is 0 Å². The van der Waals surface area contributed by atoms with E-state index in [4.69, 9.17) is 4.74 Å². The Labute approximate surface area is 163 Å². The molecule has 1 aromatic heterocycles. The lowest BCUT2D eigenvalue weighted by Crippen LogP contribution is -2.34. The van der Waals surface area contributed by atoms with E-state index in [9.17, 15) is 13.2 Å². The van der Waals surface area contributed by atoms with E-state index in [2.05, 4.69) is 9.97 Å². The molecule has 0 spiro atoms. The summed E-state index contributed by atoms with van der Waals surface area (Å²) in [6, 6.07) is 12.1. The van der Waals surface area contributed by atoms with Crippen LogP contribution in [0.15, 0.2) is 52.2 Å². The van der Waals surface area contributed by atoms with E-state index in [-0.39, 0.29) is 16.6 Å². The average Bonchev–Trinajstić information content (AvgIpc) is 2.90. The largest absolute Gasteiger partial charge is 0.497 e. The molecule has 0 aliphatic carbocycles. The van der Waals surface area contributed by atoms with E-state index in [1.807, 2.05) is 24.3 Å². The minimum atomic E-state index is -3.71. The lowest BCUT2D eigenvalue weighted by molar-refractivity contribution is 0.328. The summed E-state index contributed by atoms with van der Waals surface area (Å²) < 4.78 is 33.8. The molecule has 1 aliphatic heterocycles. The standard InChI is InChI=1S/C20H23N3O4S/c1-27-15-8-6-14(7-9-15)19-5-3-2-4-12-23(19)28(25,26)16-10-11-17-18(13-16)22-20(24)21-17/h6-11,13,19H,2-5,12H2,1H3,(H2,21,22,24)/t19-/m0/s1. The molecule has 28 heavy (non-hydrogen) atoms. The minimum Gasteiger partial charge on any atom is -0.497 e. The molecule has 1 saturated heterocycles. The van der Waals surface area contributed by atoms with Crippen LogP contribution < -0.4 is 10.4 Å². The van der Waals surface area contributed by atoms with Gasteiger partial charge in [-0.25, -0.2) is 13.2 Å². The Morgan fingerprint density at radius 3 is 2.50 bits per heavy atom. The van der Waals surface area contributed by atoms with Gasteiger partial charge in [-0.05, 0) is 48.7 Å². The van der Waals surface area contributed by atoms with E-state index in [1.54, 1.807) is 23.5 Å². The summed E-state index contributed by atoms with van der Waals surface area (Å²) in [7, 11) is -2.10. The second-order valence-corrected chi connectivity index (χ2v) is 8.93. The number of H-pyrrole nitrogens is 2. The average molecular weight is 401 g/mol. The number of hydrogen-bond donors (Lipinski definition) is 2. The van der Waals surface area contributed by atoms with E-state index in [1.165, 1.54) is 6.07 Å². The quantitative estimate of drug-likeness (QED) is 0.702. The second-order valence-electron chi connectivity index (χ2n) is 7.04. The van der Waals surface area contributed by atoms with Crippen LogP contribution in [0.2, 0.25) is 0 Å². The van der Waals surface area contributed by atoms with Crippen LogP contribution in [0, 0.1) is 0 Å². The van der Waals surface area contributed by atoms with E-state index < -0.39 is 10.0 Å². The Morgan fingerprint density at radius 1 is 1.00 bits per heavy atom. The highest BCUT2D eigenvalue weighted by Gasteiger charge is 2.33. The maximum Gasteiger partial charge on any atom is 0.323 e. The van der Waals surface area contributed by atoms with Crippen molar-refractivity contribution in [1.82, 2.24) is 14.3 Å². The number of aromatic nitrogens is 2. The first kappa shape index (κ1) is 18.8. The van der Waals surface area contributed by atoms with Gasteiger partial charge in [0.2, 0.25) is 10.0 Å². The molecule has 0 bridgehead atoms. The molecule has 7 nitrogen and oxygen atoms in total. The lowest BCUT2D eigenvalue weighted by Gasteiger charge is -2.29. The third kappa shape index (κ3) is 3.45. The molecule has 1 fully saturated rings. The number of aromatic amines is 2. The maximum absolute atomic E-state index is 13.5. The fourth-order valence-corrected chi connectivity index (χ4v) is 5.55. The molecule has 0 saturated carbocycles. The molecule has 2 N–H and O–H groups in total. The first-order valence-corrected chi connectivity index (χ1v) is 10.8. The topological polar surface area (TPSA) is 95.3 Å². The van der Waals surface area contributed by atoms with E-state index in [0.29, 0.717) is 17.6 Å². The first-order chi connectivity index (χ1) is 13.5. The Kier molecular flexibility index (Phi) is 4.99. The van der Waals surface area contributed by atoms with Gasteiger partial charge in [-0.3, -0.25) is 0 Å². The molecule has 148 valence electrons. The van der Waals surface area contributed by atoms with Gasteiger partial charge in [0, 0.05) is 6.54 Å². The molecule has 8 heteroatoms. The van der Waals surface area contributed by atoms with Crippen molar-refractivity contribution in [3.63, 3.8) is 0 Å². The number of rotatable bonds is 4. The molecular weight excluding hydrogens is 378 g/mol. The number of ether oxygens (including phenoxy) is 1. The van der Waals surface area contributed by atoms with Gasteiger partial charge in [0.05, 0.1) is 29.1 Å². The Bertz CT molecular complexity index is 1130. The molecule has 4 rings (SSSR count). The predicted molar refractivity (Wildman–Crippen MR) is 107 cm³/mol. The van der Waals surface area contributed by atoms with Crippen LogP contribution in [-0.4, -0.2) is 36.3 Å². The van der Waals surface area contributed by atoms with Crippen molar-refractivity contribution in [1.29, 1.82) is 0 Å². The summed E-state index contributed by atoms with van der Waals surface area (Å²) in [4.78, 5) is 17.0. The summed E-state index contributed by atoms with van der Waals surface area (Å²) in [5.74, 6) is 0.744. The number of hydrogen-bond acceptors (Lipinski definition) is 4. The van der Waals surface area contributed by atoms with Gasteiger partial charge in [-0.2, -0.15) is 4.31 Å². The monoisotopic (exact) mass is 401 g/mol. The van der Waals surface area contributed by atoms with Crippen molar-refractivity contribution in [3.8, 4) is 5.75 Å². The van der Waals surface area contributed by atoms with Crippen molar-refractivity contribution >= 4 is 21.1 Å². The smallest absolute Gasteiger partial charge is 0.323 e. The van der Waals surface area contributed by atoms with Gasteiger partial charge < -0.3 is 14.7 Å². The summed E-state index contributed by atoms with van der Waals surface area (Å²) in [5.41, 5.74) is 1.69. The zero-order chi connectivity index (χ0) is 19.7. The molecule has 2 aromatic carbocycles. The molecule has 1 atom stereocenters. The van der Waals surface area contributed by atoms with Crippen LogP contribution >= 0.6 is 0 Å². The van der Waals surface area contributed by atoms with Gasteiger partial charge in [-0.1, -0.05) is 25.0 Å². The summed E-state index contributed by atoms with van der Waals surface area (Å²) in [6.07, 6.45) is 3.58. The van der Waals surface area contributed by atoms with Gasteiger partial charge >= 0.3 is 5.69 Å². The predicted octanol–water partition coefficient (Wildman–Crippen LogP) is 3.17. The number of nitrogens with one attached hydrogen (secondary N) is 2.